The van der Waals surface area contributed by atoms with E-state index in [9.17, 15) is 9.59 Å². The molecule has 3 aliphatic carbocycles. The Morgan fingerprint density at radius 3 is 2.26 bits per heavy atom. The van der Waals surface area contributed by atoms with Gasteiger partial charge in [-0.25, -0.2) is 9.59 Å². The number of ether oxygens (including phenoxy) is 4. The smallest absolute Gasteiger partial charge is 0.497 e. The zero-order valence-electron chi connectivity index (χ0n) is 29.2. The maximum atomic E-state index is 13.9. The average Bonchev–Trinajstić information content (AvgIpc) is 3.32. The van der Waals surface area contributed by atoms with Crippen molar-refractivity contribution in [3.63, 3.8) is 0 Å². The number of esters is 1. The quantitative estimate of drug-likeness (QED) is 0.0845. The van der Waals surface area contributed by atoms with Gasteiger partial charge in [0.2, 0.25) is 0 Å². The predicted molar refractivity (Wildman–Crippen MR) is 184 cm³/mol. The lowest BCUT2D eigenvalue weighted by atomic mass is 9.43. The maximum Gasteiger partial charge on any atom is 0.514 e. The molecule has 1 aliphatic heterocycles. The van der Waals surface area contributed by atoms with Crippen molar-refractivity contribution in [2.75, 3.05) is 7.11 Å². The fourth-order valence-corrected chi connectivity index (χ4v) is 8.40. The van der Waals surface area contributed by atoms with E-state index >= 15 is 0 Å². The predicted octanol–water partition coefficient (Wildman–Crippen LogP) is 8.67. The van der Waals surface area contributed by atoms with Crippen LogP contribution in [0.3, 0.4) is 0 Å². The molecular formula is C36H48BClO8S. The summed E-state index contributed by atoms with van der Waals surface area (Å²) < 4.78 is 35.7. The van der Waals surface area contributed by atoms with E-state index in [0.717, 1.165) is 24.2 Å². The molecule has 1 saturated heterocycles. The molecule has 6 rings (SSSR count). The Hall–Kier alpha value is -2.40. The number of halogens is 1. The third-order valence-corrected chi connectivity index (χ3v) is 11.1. The Morgan fingerprint density at radius 2 is 1.66 bits per heavy atom. The zero-order chi connectivity index (χ0) is 34.5. The van der Waals surface area contributed by atoms with Crippen LogP contribution in [0.4, 0.5) is 4.79 Å². The van der Waals surface area contributed by atoms with Crippen LogP contribution in [0.5, 0.6) is 11.5 Å². The second-order valence-electron chi connectivity index (χ2n) is 15.7. The maximum absolute atomic E-state index is 13.9. The number of carbonyl (C=O) groups is 2. The van der Waals surface area contributed by atoms with Gasteiger partial charge in [-0.05, 0) is 114 Å². The summed E-state index contributed by atoms with van der Waals surface area (Å²) in [5.41, 5.74) is -0.127. The lowest BCUT2D eigenvalue weighted by Crippen LogP contribution is -2.65. The molecule has 2 aromatic rings. The minimum Gasteiger partial charge on any atom is -0.497 e. The summed E-state index contributed by atoms with van der Waals surface area (Å²) >= 11 is 8.52. The highest BCUT2D eigenvalue weighted by Gasteiger charge is 2.68. The molecule has 0 spiro atoms. The number of hydrogen-bond donors (Lipinski definition) is 0. The minimum absolute atomic E-state index is 0.0305. The zero-order valence-corrected chi connectivity index (χ0v) is 30.8. The van der Waals surface area contributed by atoms with Crippen molar-refractivity contribution >= 4 is 42.6 Å². The van der Waals surface area contributed by atoms with Crippen LogP contribution in [-0.4, -0.2) is 54.5 Å². The van der Waals surface area contributed by atoms with E-state index in [0.29, 0.717) is 28.0 Å². The number of thioether (sulfide) groups is 1. The number of alkyl halides is 1. The van der Waals surface area contributed by atoms with Crippen molar-refractivity contribution in [3.8, 4) is 11.5 Å². The topological polar surface area (TPSA) is 89.5 Å². The summed E-state index contributed by atoms with van der Waals surface area (Å²) in [6, 6.07) is 11.4. The number of rotatable bonds is 9. The fourth-order valence-electron chi connectivity index (χ4n) is 7.12. The van der Waals surface area contributed by atoms with Crippen molar-refractivity contribution in [1.82, 2.24) is 0 Å². The van der Waals surface area contributed by atoms with Gasteiger partial charge < -0.3 is 28.3 Å². The van der Waals surface area contributed by atoms with Crippen LogP contribution in [0, 0.1) is 17.3 Å². The highest BCUT2D eigenvalue weighted by molar-refractivity contribution is 7.98. The first kappa shape index (κ1) is 35.9. The molecule has 11 heteroatoms. The average molecular weight is 687 g/mol. The third-order valence-electron chi connectivity index (χ3n) is 9.61. The number of hydrogen-bond acceptors (Lipinski definition) is 9. The van der Waals surface area contributed by atoms with Crippen LogP contribution in [0.15, 0.2) is 41.3 Å². The molecule has 0 amide bonds. The molecule has 1 heterocycles. The van der Waals surface area contributed by atoms with Gasteiger partial charge in [0.15, 0.2) is 5.75 Å². The van der Waals surface area contributed by atoms with Crippen molar-refractivity contribution < 1.29 is 37.8 Å². The van der Waals surface area contributed by atoms with Crippen LogP contribution < -0.4 is 9.47 Å². The molecule has 2 bridgehead atoms. The summed E-state index contributed by atoms with van der Waals surface area (Å²) in [6.07, 6.45) is 1.32. The molecule has 5 atom stereocenters. The molecular weight excluding hydrogens is 639 g/mol. The molecule has 0 N–H and O–H groups in total. The number of methoxy groups -OCH3 is 1. The molecule has 47 heavy (non-hydrogen) atoms. The van der Waals surface area contributed by atoms with Gasteiger partial charge in [-0.2, -0.15) is 0 Å². The van der Waals surface area contributed by atoms with E-state index < -0.39 is 41.3 Å². The van der Waals surface area contributed by atoms with E-state index in [2.05, 4.69) is 20.8 Å². The Labute approximate surface area is 289 Å². The first-order valence-electron chi connectivity index (χ1n) is 16.3. The Bertz CT molecular complexity index is 1480. The van der Waals surface area contributed by atoms with Gasteiger partial charge in [0, 0.05) is 10.6 Å². The van der Waals surface area contributed by atoms with Crippen LogP contribution in [0.25, 0.3) is 0 Å². The first-order valence-corrected chi connectivity index (χ1v) is 17.8. The second-order valence-corrected chi connectivity index (χ2v) is 17.3. The van der Waals surface area contributed by atoms with Crippen molar-refractivity contribution in [2.24, 2.45) is 17.3 Å². The van der Waals surface area contributed by atoms with Gasteiger partial charge in [-0.3, -0.25) is 0 Å². The van der Waals surface area contributed by atoms with E-state index in [1.807, 2.05) is 36.4 Å². The van der Waals surface area contributed by atoms with Crippen LogP contribution in [0.2, 0.25) is 0 Å². The Morgan fingerprint density at radius 1 is 1.00 bits per heavy atom. The van der Waals surface area contributed by atoms with Crippen molar-refractivity contribution in [3.05, 3.63) is 53.1 Å². The summed E-state index contributed by atoms with van der Waals surface area (Å²) in [5.74, 6) is 1.74. The minimum atomic E-state index is -0.930. The monoisotopic (exact) mass is 686 g/mol. The SMILES string of the molecule is COc1ccc(CSc2ccc(CC(Cl)B3O[C@@H]4C[C@@H]5C[C@@H](C5(C)C)[C@]4(C)O3)c(OC(=O)OC(C)(C)C)c2C(=O)OC(C)(C)C)cc1. The molecule has 0 aromatic heterocycles. The highest BCUT2D eigenvalue weighted by atomic mass is 35.5. The summed E-state index contributed by atoms with van der Waals surface area (Å²) in [6.45, 7) is 17.4. The number of benzene rings is 2. The lowest BCUT2D eigenvalue weighted by Gasteiger charge is -2.64. The summed E-state index contributed by atoms with van der Waals surface area (Å²) in [5, 5.41) is -0.622. The molecule has 2 aromatic carbocycles. The largest absolute Gasteiger partial charge is 0.514 e. The van der Waals surface area contributed by atoms with Crippen LogP contribution >= 0.6 is 23.4 Å². The van der Waals surface area contributed by atoms with Crippen LogP contribution in [0.1, 0.15) is 96.6 Å². The van der Waals surface area contributed by atoms with Gasteiger partial charge in [0.25, 0.3) is 0 Å². The molecule has 4 aliphatic rings. The van der Waals surface area contributed by atoms with E-state index in [1.54, 1.807) is 48.7 Å². The van der Waals surface area contributed by atoms with E-state index in [-0.39, 0.29) is 29.3 Å². The van der Waals surface area contributed by atoms with Gasteiger partial charge in [-0.1, -0.05) is 32.0 Å². The fraction of sp³-hybridized carbons (Fsp3) is 0.611. The normalized spacial score (nSPS) is 25.3. The van der Waals surface area contributed by atoms with E-state index in [1.165, 1.54) is 11.8 Å². The number of carbonyl (C=O) groups excluding carboxylic acids is 2. The molecule has 4 fully saturated rings. The van der Waals surface area contributed by atoms with Gasteiger partial charge in [-0.15, -0.1) is 23.4 Å². The van der Waals surface area contributed by atoms with Gasteiger partial charge >= 0.3 is 19.2 Å². The molecule has 0 radical (unpaired) electrons. The Kier molecular flexibility index (Phi) is 10.0. The second kappa shape index (κ2) is 13.1. The lowest BCUT2D eigenvalue weighted by molar-refractivity contribution is -0.199. The molecule has 8 nitrogen and oxygen atoms in total. The molecule has 3 saturated carbocycles. The van der Waals surface area contributed by atoms with Gasteiger partial charge in [0.05, 0.1) is 24.1 Å². The van der Waals surface area contributed by atoms with Crippen LogP contribution in [-0.2, 0) is 31.0 Å². The molecule has 256 valence electrons. The third kappa shape index (κ3) is 7.76. The first-order chi connectivity index (χ1) is 21.8. The Balaban J connectivity index is 1.47. The summed E-state index contributed by atoms with van der Waals surface area (Å²) in [4.78, 5) is 27.7. The van der Waals surface area contributed by atoms with Gasteiger partial charge in [0.1, 0.15) is 22.5 Å². The van der Waals surface area contributed by atoms with Crippen molar-refractivity contribution in [2.45, 2.75) is 120 Å². The molecule has 1 unspecified atom stereocenters. The standard InChI is InChI=1S/C36H48BClO8S/c1-33(2,3)43-31(39)29-25(47-20-21-11-14-24(41-10)15-12-21)16-13-22(30(29)42-32(40)44-34(4,5)6)17-28(38)37-45-27-19-23-18-26(35(23,7)8)36(27,9)46-37/h11-16,23,26-28H,17-20H2,1-10H3/t23-,26-,27+,28?,36-/m0/s1. The summed E-state index contributed by atoms with van der Waals surface area (Å²) in [7, 11) is 0.961. The van der Waals surface area contributed by atoms with Crippen molar-refractivity contribution in [1.29, 1.82) is 0 Å². The highest BCUT2D eigenvalue weighted by Crippen LogP contribution is 2.66. The van der Waals surface area contributed by atoms with E-state index in [4.69, 9.17) is 39.9 Å².